The van der Waals surface area contributed by atoms with Crippen LogP contribution < -0.4 is 11.1 Å². The van der Waals surface area contributed by atoms with Crippen molar-refractivity contribution in [3.05, 3.63) is 50.7 Å². The van der Waals surface area contributed by atoms with Crippen LogP contribution in [0.3, 0.4) is 0 Å². The van der Waals surface area contributed by atoms with Crippen molar-refractivity contribution < 1.29 is 4.92 Å². The molecule has 0 aliphatic heterocycles. The van der Waals surface area contributed by atoms with Gasteiger partial charge in [0.1, 0.15) is 0 Å². The number of hydrogen-bond donors (Lipinski definition) is 2. The fourth-order valence-corrected chi connectivity index (χ4v) is 2.74. The molecular weight excluding hydrogens is 274 g/mol. The summed E-state index contributed by atoms with van der Waals surface area (Å²) in [4.78, 5) is 11.5. The molecule has 106 valence electrons. The minimum atomic E-state index is -0.449. The van der Waals surface area contributed by atoms with Gasteiger partial charge in [-0.3, -0.25) is 10.1 Å². The van der Waals surface area contributed by atoms with Crippen molar-refractivity contribution in [3.8, 4) is 0 Å². The van der Waals surface area contributed by atoms with Crippen LogP contribution in [-0.2, 0) is 5.41 Å². The molecule has 1 aromatic carbocycles. The Morgan fingerprint density at radius 1 is 1.40 bits per heavy atom. The fourth-order valence-electron chi connectivity index (χ4n) is 1.89. The van der Waals surface area contributed by atoms with E-state index in [0.29, 0.717) is 12.2 Å². The molecule has 0 amide bonds. The summed E-state index contributed by atoms with van der Waals surface area (Å²) < 4.78 is 0. The smallest absolute Gasteiger partial charge is 0.271 e. The molecular formula is C14H17N3O2S. The van der Waals surface area contributed by atoms with Crippen molar-refractivity contribution in [2.45, 2.75) is 19.3 Å². The highest BCUT2D eigenvalue weighted by molar-refractivity contribution is 7.10. The number of nitro groups is 1. The number of nitrogens with two attached hydrogens (primary N) is 1. The lowest BCUT2D eigenvalue weighted by Crippen LogP contribution is -2.26. The number of nitrogens with one attached hydrogen (secondary N) is 1. The second-order valence-corrected chi connectivity index (χ2v) is 6.19. The molecule has 2 rings (SSSR count). The van der Waals surface area contributed by atoms with E-state index < -0.39 is 4.92 Å². The number of hydrogen-bond acceptors (Lipinski definition) is 5. The number of nitro benzene ring substituents is 1. The first-order valence-electron chi connectivity index (χ1n) is 6.22. The van der Waals surface area contributed by atoms with Gasteiger partial charge in [-0.05, 0) is 17.5 Å². The summed E-state index contributed by atoms with van der Waals surface area (Å²) in [6.07, 6.45) is 0. The lowest BCUT2D eigenvalue weighted by Gasteiger charge is -2.24. The van der Waals surface area contributed by atoms with Crippen LogP contribution in [0, 0.1) is 10.1 Å². The van der Waals surface area contributed by atoms with Crippen molar-refractivity contribution in [1.82, 2.24) is 0 Å². The summed E-state index contributed by atoms with van der Waals surface area (Å²) in [5, 5.41) is 16.0. The third-order valence-corrected chi connectivity index (χ3v) is 4.39. The van der Waals surface area contributed by atoms with Gasteiger partial charge in [-0.25, -0.2) is 0 Å². The standard InChI is InChI=1S/C14H17N3O2S/c1-14(2,13-4-3-7-20-13)9-16-12-6-5-10(17(18)19)8-11(12)15/h3-8,16H,9,15H2,1-2H3. The molecule has 3 N–H and O–H groups in total. The Morgan fingerprint density at radius 2 is 2.15 bits per heavy atom. The molecule has 0 unspecified atom stereocenters. The number of nitrogens with zero attached hydrogens (tertiary/aromatic N) is 1. The Bertz CT molecular complexity index is 609. The topological polar surface area (TPSA) is 81.2 Å². The number of anilines is 2. The first kappa shape index (κ1) is 14.3. The van der Waals surface area contributed by atoms with E-state index in [2.05, 4.69) is 30.6 Å². The second-order valence-electron chi connectivity index (χ2n) is 5.24. The largest absolute Gasteiger partial charge is 0.397 e. The van der Waals surface area contributed by atoms with Crippen LogP contribution in [0.2, 0.25) is 0 Å². The molecule has 0 radical (unpaired) electrons. The van der Waals surface area contributed by atoms with Gasteiger partial charge in [0.25, 0.3) is 5.69 Å². The monoisotopic (exact) mass is 291 g/mol. The molecule has 1 aromatic heterocycles. The highest BCUT2D eigenvalue weighted by Gasteiger charge is 2.21. The van der Waals surface area contributed by atoms with Gasteiger partial charge in [0.2, 0.25) is 0 Å². The molecule has 2 aromatic rings. The molecule has 0 bridgehead atoms. The van der Waals surface area contributed by atoms with Crippen LogP contribution in [-0.4, -0.2) is 11.5 Å². The molecule has 1 heterocycles. The molecule has 0 atom stereocenters. The second kappa shape index (κ2) is 5.50. The zero-order valence-corrected chi connectivity index (χ0v) is 12.2. The van der Waals surface area contributed by atoms with E-state index >= 15 is 0 Å². The van der Waals surface area contributed by atoms with Gasteiger partial charge in [-0.1, -0.05) is 19.9 Å². The summed E-state index contributed by atoms with van der Waals surface area (Å²) in [6.45, 7) is 5.00. The lowest BCUT2D eigenvalue weighted by molar-refractivity contribution is -0.384. The molecule has 0 aliphatic rings. The Hall–Kier alpha value is -2.08. The van der Waals surface area contributed by atoms with E-state index in [-0.39, 0.29) is 11.1 Å². The first-order valence-corrected chi connectivity index (χ1v) is 7.10. The summed E-state index contributed by atoms with van der Waals surface area (Å²) in [5.74, 6) is 0. The van der Waals surface area contributed by atoms with E-state index in [4.69, 9.17) is 5.73 Å². The van der Waals surface area contributed by atoms with Gasteiger partial charge in [-0.2, -0.15) is 0 Å². The van der Waals surface area contributed by atoms with Crippen molar-refractivity contribution in [1.29, 1.82) is 0 Å². The molecule has 0 saturated carbocycles. The molecule has 5 nitrogen and oxygen atoms in total. The van der Waals surface area contributed by atoms with E-state index in [1.54, 1.807) is 17.4 Å². The Balaban J connectivity index is 2.10. The molecule has 20 heavy (non-hydrogen) atoms. The highest BCUT2D eigenvalue weighted by Crippen LogP contribution is 2.30. The zero-order valence-electron chi connectivity index (χ0n) is 11.4. The van der Waals surface area contributed by atoms with Gasteiger partial charge in [-0.15, -0.1) is 11.3 Å². The van der Waals surface area contributed by atoms with Crippen LogP contribution >= 0.6 is 11.3 Å². The molecule has 0 fully saturated rings. The van der Waals surface area contributed by atoms with Crippen molar-refractivity contribution in [2.75, 3.05) is 17.6 Å². The van der Waals surface area contributed by atoms with E-state index in [9.17, 15) is 10.1 Å². The minimum absolute atomic E-state index is 0.00515. The van der Waals surface area contributed by atoms with Gasteiger partial charge in [0, 0.05) is 29.0 Å². The van der Waals surface area contributed by atoms with Gasteiger partial charge in [0.05, 0.1) is 16.3 Å². The first-order chi connectivity index (χ1) is 9.40. The predicted molar refractivity (Wildman–Crippen MR) is 83.3 cm³/mol. The van der Waals surface area contributed by atoms with E-state index in [1.807, 2.05) is 6.07 Å². The summed E-state index contributed by atoms with van der Waals surface area (Å²) in [5.41, 5.74) is 6.94. The van der Waals surface area contributed by atoms with Gasteiger partial charge < -0.3 is 11.1 Å². The maximum absolute atomic E-state index is 10.7. The fraction of sp³-hybridized carbons (Fsp3) is 0.286. The minimum Gasteiger partial charge on any atom is -0.397 e. The highest BCUT2D eigenvalue weighted by atomic mass is 32.1. The van der Waals surface area contributed by atoms with Crippen LogP contribution in [0.1, 0.15) is 18.7 Å². The summed E-state index contributed by atoms with van der Waals surface area (Å²) in [6, 6.07) is 8.61. The van der Waals surface area contributed by atoms with Crippen molar-refractivity contribution in [2.24, 2.45) is 0 Å². The zero-order chi connectivity index (χ0) is 14.8. The van der Waals surface area contributed by atoms with E-state index in [0.717, 1.165) is 5.69 Å². The maximum Gasteiger partial charge on any atom is 0.271 e. The summed E-state index contributed by atoms with van der Waals surface area (Å²) >= 11 is 1.72. The Kier molecular flexibility index (Phi) is 3.94. The normalized spacial score (nSPS) is 11.3. The van der Waals surface area contributed by atoms with E-state index in [1.165, 1.54) is 17.0 Å². The number of benzene rings is 1. The third kappa shape index (κ3) is 3.08. The van der Waals surface area contributed by atoms with Gasteiger partial charge in [0.15, 0.2) is 0 Å². The van der Waals surface area contributed by atoms with Crippen molar-refractivity contribution >= 4 is 28.4 Å². The van der Waals surface area contributed by atoms with Gasteiger partial charge >= 0.3 is 0 Å². The number of non-ortho nitro benzene ring substituents is 1. The average Bonchev–Trinajstić information content (AvgIpc) is 2.91. The number of rotatable bonds is 5. The predicted octanol–water partition coefficient (Wildman–Crippen LogP) is 3.63. The SMILES string of the molecule is CC(C)(CNc1ccc([N+](=O)[O-])cc1N)c1cccs1. The van der Waals surface area contributed by atoms with Crippen LogP contribution in [0.5, 0.6) is 0 Å². The van der Waals surface area contributed by atoms with Crippen molar-refractivity contribution in [3.63, 3.8) is 0 Å². The number of nitrogen functional groups attached to an aromatic ring is 1. The molecule has 0 spiro atoms. The quantitative estimate of drug-likeness (QED) is 0.501. The summed E-state index contributed by atoms with van der Waals surface area (Å²) in [7, 11) is 0. The number of thiophene rings is 1. The lowest BCUT2D eigenvalue weighted by atomic mass is 9.91. The Labute approximate surface area is 121 Å². The van der Waals surface area contributed by atoms with Crippen LogP contribution in [0.4, 0.5) is 17.1 Å². The maximum atomic E-state index is 10.7. The van der Waals surface area contributed by atoms with Crippen LogP contribution in [0.15, 0.2) is 35.7 Å². The molecule has 0 aliphatic carbocycles. The average molecular weight is 291 g/mol. The van der Waals surface area contributed by atoms with Crippen LogP contribution in [0.25, 0.3) is 0 Å². The third-order valence-electron chi connectivity index (χ3n) is 3.15. The Morgan fingerprint density at radius 3 is 2.70 bits per heavy atom. The molecule has 0 saturated heterocycles. The molecule has 6 heteroatoms.